The molecule has 6 heteroatoms. The lowest BCUT2D eigenvalue weighted by Crippen LogP contribution is -2.83. The van der Waals surface area contributed by atoms with E-state index in [1.165, 1.54) is 7.05 Å². The van der Waals surface area contributed by atoms with Crippen molar-refractivity contribution >= 4 is 29.3 Å². The molecule has 96 valence electrons. The fraction of sp³-hybridized carbons (Fsp3) is 0.231. The van der Waals surface area contributed by atoms with Crippen molar-refractivity contribution in [2.75, 3.05) is 11.9 Å². The number of benzene rings is 1. The third kappa shape index (κ3) is 1.07. The Labute approximate surface area is 108 Å². The second kappa shape index (κ2) is 3.28. The lowest BCUT2D eigenvalue weighted by Gasteiger charge is -2.51. The monoisotopic (exact) mass is 258 g/mol. The molecule has 19 heavy (non-hydrogen) atoms. The third-order valence-electron chi connectivity index (χ3n) is 3.59. The number of likely N-dealkylation sites (tertiary alicyclic amines) is 1. The number of carbonyl (C=O) groups is 4. The second-order valence-electron chi connectivity index (χ2n) is 4.70. The minimum absolute atomic E-state index is 0.376. The first-order chi connectivity index (χ1) is 8.92. The van der Waals surface area contributed by atoms with Crippen LogP contribution < -0.4 is 4.90 Å². The van der Waals surface area contributed by atoms with Crippen LogP contribution in [0.5, 0.6) is 0 Å². The molecule has 2 aliphatic rings. The first kappa shape index (κ1) is 11.6. The summed E-state index contributed by atoms with van der Waals surface area (Å²) in [5.74, 6) is -2.99. The molecule has 0 aliphatic carbocycles. The summed E-state index contributed by atoms with van der Waals surface area (Å²) in [5.41, 5.74) is -0.726. The zero-order valence-electron chi connectivity index (χ0n) is 10.3. The van der Waals surface area contributed by atoms with Gasteiger partial charge in [-0.05, 0) is 19.1 Å². The van der Waals surface area contributed by atoms with Crippen LogP contribution in [0.15, 0.2) is 24.3 Å². The van der Waals surface area contributed by atoms with Gasteiger partial charge in [0.05, 0.1) is 5.69 Å². The minimum atomic E-state index is -2.08. The Morgan fingerprint density at radius 3 is 1.79 bits per heavy atom. The predicted molar refractivity (Wildman–Crippen MR) is 63.9 cm³/mol. The van der Waals surface area contributed by atoms with Gasteiger partial charge in [0, 0.05) is 7.05 Å². The van der Waals surface area contributed by atoms with E-state index >= 15 is 0 Å². The van der Waals surface area contributed by atoms with Crippen molar-refractivity contribution in [3.05, 3.63) is 29.8 Å². The summed E-state index contributed by atoms with van der Waals surface area (Å²) < 4.78 is 0. The largest absolute Gasteiger partial charge is 0.285 e. The molecular formula is C13H10N2O4. The molecule has 2 fully saturated rings. The van der Waals surface area contributed by atoms with E-state index in [1.54, 1.807) is 24.3 Å². The topological polar surface area (TPSA) is 74.8 Å². The molecule has 1 spiro atoms. The smallest absolute Gasteiger partial charge is 0.282 e. The lowest BCUT2D eigenvalue weighted by atomic mass is 9.69. The van der Waals surface area contributed by atoms with Crippen LogP contribution in [0.4, 0.5) is 5.69 Å². The van der Waals surface area contributed by atoms with Gasteiger partial charge in [-0.1, -0.05) is 17.7 Å². The minimum Gasteiger partial charge on any atom is -0.282 e. The van der Waals surface area contributed by atoms with Gasteiger partial charge in [-0.25, -0.2) is 4.90 Å². The Balaban J connectivity index is 1.97. The quantitative estimate of drug-likeness (QED) is 0.518. The number of aryl methyl sites for hydroxylation is 1. The summed E-state index contributed by atoms with van der Waals surface area (Å²) in [7, 11) is 1.25. The van der Waals surface area contributed by atoms with Crippen LogP contribution in [-0.2, 0) is 19.2 Å². The molecule has 0 aromatic heterocycles. The van der Waals surface area contributed by atoms with Gasteiger partial charge >= 0.3 is 0 Å². The zero-order valence-corrected chi connectivity index (χ0v) is 10.3. The first-order valence-corrected chi connectivity index (χ1v) is 5.70. The van der Waals surface area contributed by atoms with Crippen LogP contribution in [0.25, 0.3) is 0 Å². The van der Waals surface area contributed by atoms with E-state index in [1.807, 2.05) is 6.92 Å². The molecule has 2 heterocycles. The van der Waals surface area contributed by atoms with Gasteiger partial charge in [0.25, 0.3) is 29.0 Å². The summed E-state index contributed by atoms with van der Waals surface area (Å²) in [6.07, 6.45) is 0. The van der Waals surface area contributed by atoms with Crippen LogP contribution in [-0.4, -0.2) is 35.6 Å². The van der Waals surface area contributed by atoms with E-state index in [0.717, 1.165) is 15.4 Å². The van der Waals surface area contributed by atoms with Crippen molar-refractivity contribution in [3.63, 3.8) is 0 Å². The number of amides is 4. The molecule has 0 saturated carbocycles. The van der Waals surface area contributed by atoms with E-state index in [2.05, 4.69) is 0 Å². The summed E-state index contributed by atoms with van der Waals surface area (Å²) in [5, 5.41) is 0. The standard InChI is InChI=1S/C13H10N2O4/c1-7-3-5-8(6-4-7)15-11(18)13(12(15)19)9(16)14(2)10(13)17/h3-6H,1-2H3. The number of hydrogen-bond donors (Lipinski definition) is 0. The Morgan fingerprint density at radius 2 is 1.32 bits per heavy atom. The van der Waals surface area contributed by atoms with Crippen LogP contribution in [0.1, 0.15) is 5.56 Å². The van der Waals surface area contributed by atoms with E-state index in [9.17, 15) is 19.2 Å². The lowest BCUT2D eigenvalue weighted by molar-refractivity contribution is -0.184. The van der Waals surface area contributed by atoms with Gasteiger partial charge in [-0.2, -0.15) is 0 Å². The molecule has 2 saturated heterocycles. The fourth-order valence-corrected chi connectivity index (χ4v) is 2.39. The molecular weight excluding hydrogens is 248 g/mol. The molecule has 6 nitrogen and oxygen atoms in total. The van der Waals surface area contributed by atoms with Crippen LogP contribution >= 0.6 is 0 Å². The van der Waals surface area contributed by atoms with E-state index in [4.69, 9.17) is 0 Å². The maximum atomic E-state index is 12.1. The second-order valence-corrected chi connectivity index (χ2v) is 4.70. The summed E-state index contributed by atoms with van der Waals surface area (Å²) in [6.45, 7) is 1.87. The van der Waals surface area contributed by atoms with Crippen molar-refractivity contribution in [1.82, 2.24) is 4.90 Å². The number of nitrogens with zero attached hydrogens (tertiary/aromatic N) is 2. The van der Waals surface area contributed by atoms with Gasteiger partial charge in [-0.15, -0.1) is 0 Å². The first-order valence-electron chi connectivity index (χ1n) is 5.70. The van der Waals surface area contributed by atoms with Gasteiger partial charge in [-0.3, -0.25) is 24.1 Å². The number of rotatable bonds is 1. The molecule has 4 amide bonds. The number of imide groups is 2. The molecule has 0 atom stereocenters. The number of β-lactam (4-membered cyclic amide) rings is 4. The van der Waals surface area contributed by atoms with Gasteiger partial charge < -0.3 is 0 Å². The van der Waals surface area contributed by atoms with E-state index in [-0.39, 0.29) is 0 Å². The Hall–Kier alpha value is -2.50. The maximum absolute atomic E-state index is 12.1. The average molecular weight is 258 g/mol. The molecule has 0 N–H and O–H groups in total. The Bertz CT molecular complexity index is 613. The van der Waals surface area contributed by atoms with E-state index < -0.39 is 29.0 Å². The Morgan fingerprint density at radius 1 is 0.842 bits per heavy atom. The van der Waals surface area contributed by atoms with E-state index in [0.29, 0.717) is 5.69 Å². The number of hydrogen-bond acceptors (Lipinski definition) is 4. The van der Waals surface area contributed by atoms with Crippen molar-refractivity contribution in [1.29, 1.82) is 0 Å². The molecule has 1 aromatic carbocycles. The highest BCUT2D eigenvalue weighted by atomic mass is 16.2. The van der Waals surface area contributed by atoms with Gasteiger partial charge in [0.2, 0.25) is 0 Å². The Kier molecular flexibility index (Phi) is 2.00. The highest BCUT2D eigenvalue weighted by Gasteiger charge is 2.79. The highest BCUT2D eigenvalue weighted by molar-refractivity contribution is 6.59. The van der Waals surface area contributed by atoms with Crippen LogP contribution in [0.2, 0.25) is 0 Å². The van der Waals surface area contributed by atoms with Crippen molar-refractivity contribution in [2.24, 2.45) is 5.41 Å². The van der Waals surface area contributed by atoms with Crippen molar-refractivity contribution in [3.8, 4) is 0 Å². The summed E-state index contributed by atoms with van der Waals surface area (Å²) >= 11 is 0. The summed E-state index contributed by atoms with van der Waals surface area (Å²) in [6, 6.07) is 6.71. The fourth-order valence-electron chi connectivity index (χ4n) is 2.39. The van der Waals surface area contributed by atoms with Crippen molar-refractivity contribution in [2.45, 2.75) is 6.92 Å². The van der Waals surface area contributed by atoms with Crippen molar-refractivity contribution < 1.29 is 19.2 Å². The summed E-state index contributed by atoms with van der Waals surface area (Å²) in [4.78, 5) is 49.1. The molecule has 2 aliphatic heterocycles. The normalized spacial score (nSPS) is 20.7. The highest BCUT2D eigenvalue weighted by Crippen LogP contribution is 2.45. The number of carbonyl (C=O) groups excluding carboxylic acids is 4. The molecule has 3 rings (SSSR count). The van der Waals surface area contributed by atoms with Crippen LogP contribution in [0.3, 0.4) is 0 Å². The zero-order chi connectivity index (χ0) is 13.9. The molecule has 0 unspecified atom stereocenters. The third-order valence-corrected chi connectivity index (χ3v) is 3.59. The van der Waals surface area contributed by atoms with Gasteiger partial charge in [0.15, 0.2) is 0 Å². The van der Waals surface area contributed by atoms with Crippen LogP contribution in [0, 0.1) is 12.3 Å². The maximum Gasteiger partial charge on any atom is 0.285 e. The number of anilines is 1. The molecule has 0 bridgehead atoms. The van der Waals surface area contributed by atoms with Gasteiger partial charge in [0.1, 0.15) is 0 Å². The SMILES string of the molecule is Cc1ccc(N2C(=O)C3(C(=O)N(C)C3=O)C2=O)cc1. The molecule has 1 aromatic rings. The predicted octanol–water partition coefficient (Wildman–Crippen LogP) is -0.147. The average Bonchev–Trinajstić information content (AvgIpc) is 2.41. The molecule has 0 radical (unpaired) electrons.